The lowest BCUT2D eigenvalue weighted by Crippen LogP contribution is -2.56. The summed E-state index contributed by atoms with van der Waals surface area (Å²) in [5.41, 5.74) is 12.5. The van der Waals surface area contributed by atoms with Gasteiger partial charge in [-0.2, -0.15) is 0 Å². The van der Waals surface area contributed by atoms with Crippen molar-refractivity contribution in [2.75, 3.05) is 0 Å². The second-order valence-corrected chi connectivity index (χ2v) is 8.69. The van der Waals surface area contributed by atoms with E-state index >= 15 is 0 Å². The second kappa shape index (κ2) is 8.10. The number of rotatable bonds is 4. The number of aryl methyl sites for hydroxylation is 7. The normalized spacial score (nSPS) is 11.1. The van der Waals surface area contributed by atoms with Crippen LogP contribution < -0.4 is 16.4 Å². The summed E-state index contributed by atoms with van der Waals surface area (Å²) < 4.78 is 1.68. The summed E-state index contributed by atoms with van der Waals surface area (Å²) in [5.74, 6) is 0.711. The summed E-state index contributed by atoms with van der Waals surface area (Å²) in [7, 11) is 1.85. The van der Waals surface area contributed by atoms with Crippen LogP contribution in [0.1, 0.15) is 33.4 Å². The van der Waals surface area contributed by atoms with Crippen LogP contribution in [0.15, 0.2) is 42.7 Å². The van der Waals surface area contributed by atoms with Crippen LogP contribution >= 0.6 is 0 Å². The Bertz CT molecular complexity index is 1170. The first-order valence-corrected chi connectivity index (χ1v) is 10.6. The first-order chi connectivity index (χ1) is 14.8. The van der Waals surface area contributed by atoms with Crippen molar-refractivity contribution >= 4 is 23.1 Å². The first kappa shape index (κ1) is 21.0. The largest absolute Gasteiger partial charge is 0.264 e. The lowest BCUT2D eigenvalue weighted by molar-refractivity contribution is 0.714. The minimum absolute atomic E-state index is 0.0786. The highest BCUT2D eigenvalue weighted by Crippen LogP contribution is 2.15. The number of benzene rings is 2. The average Bonchev–Trinajstić information content (AvgIpc) is 3.11. The van der Waals surface area contributed by atoms with Crippen molar-refractivity contribution < 1.29 is 0 Å². The molecule has 2 heterocycles. The Balaban J connectivity index is 2.01. The molecule has 0 radical (unpaired) electrons. The average molecular weight is 409 g/mol. The molecule has 0 bridgehead atoms. The summed E-state index contributed by atoms with van der Waals surface area (Å²) in [4.78, 5) is 4.60. The van der Waals surface area contributed by atoms with E-state index in [1.807, 2.05) is 19.4 Å². The maximum Gasteiger partial charge on any atom is 0.244 e. The van der Waals surface area contributed by atoms with Gasteiger partial charge in [0.05, 0.1) is 0 Å². The number of tetrazole rings is 1. The van der Waals surface area contributed by atoms with Crippen molar-refractivity contribution in [2.24, 2.45) is 7.05 Å². The van der Waals surface area contributed by atoms with E-state index in [0.717, 1.165) is 11.0 Å². The molecule has 0 saturated carbocycles. The van der Waals surface area contributed by atoms with Crippen molar-refractivity contribution in [2.45, 2.75) is 41.5 Å². The Morgan fingerprint density at radius 1 is 0.710 bits per heavy atom. The molecular formula is C25H28BN5. The SMILES string of the molecule is Cc1cc(C)c(B(c2cncc(-c3nnnn3C)c2)c2c(C)cc(C)cc2C)c(C)c1. The van der Waals surface area contributed by atoms with Crippen molar-refractivity contribution in [3.05, 3.63) is 76.1 Å². The van der Waals surface area contributed by atoms with Gasteiger partial charge in [-0.25, -0.2) is 4.68 Å². The molecule has 2 aromatic carbocycles. The van der Waals surface area contributed by atoms with E-state index in [9.17, 15) is 0 Å². The second-order valence-electron chi connectivity index (χ2n) is 8.69. The molecule has 31 heavy (non-hydrogen) atoms. The molecule has 0 atom stereocenters. The number of aromatic nitrogens is 5. The Morgan fingerprint density at radius 2 is 1.23 bits per heavy atom. The number of hydrogen-bond donors (Lipinski definition) is 0. The molecule has 0 spiro atoms. The maximum absolute atomic E-state index is 4.60. The van der Waals surface area contributed by atoms with Crippen molar-refractivity contribution in [1.82, 2.24) is 25.2 Å². The van der Waals surface area contributed by atoms with Gasteiger partial charge in [-0.1, -0.05) is 74.6 Å². The minimum atomic E-state index is 0.0786. The molecule has 0 aliphatic carbocycles. The highest BCUT2D eigenvalue weighted by molar-refractivity contribution is 6.96. The van der Waals surface area contributed by atoms with E-state index in [-0.39, 0.29) is 6.71 Å². The van der Waals surface area contributed by atoms with E-state index in [1.165, 1.54) is 44.3 Å². The van der Waals surface area contributed by atoms with Gasteiger partial charge in [0.2, 0.25) is 6.71 Å². The fourth-order valence-corrected chi connectivity index (χ4v) is 4.98. The zero-order chi connectivity index (χ0) is 22.3. The highest BCUT2D eigenvalue weighted by atomic mass is 15.5. The van der Waals surface area contributed by atoms with Gasteiger partial charge in [0, 0.05) is 25.0 Å². The monoisotopic (exact) mass is 409 g/mol. The first-order valence-electron chi connectivity index (χ1n) is 10.6. The van der Waals surface area contributed by atoms with Crippen LogP contribution in [0.5, 0.6) is 0 Å². The van der Waals surface area contributed by atoms with E-state index in [0.29, 0.717) is 5.82 Å². The van der Waals surface area contributed by atoms with Crippen LogP contribution in [0.3, 0.4) is 0 Å². The van der Waals surface area contributed by atoms with Gasteiger partial charge >= 0.3 is 0 Å². The molecule has 4 rings (SSSR count). The van der Waals surface area contributed by atoms with E-state index in [2.05, 4.69) is 92.4 Å². The lowest BCUT2D eigenvalue weighted by atomic mass is 9.34. The molecule has 0 N–H and O–H groups in total. The van der Waals surface area contributed by atoms with E-state index in [1.54, 1.807) is 4.68 Å². The standard InChI is InChI=1S/C25H28BN5/c1-15-8-17(3)23(18(4)9-15)26(24-19(5)10-16(2)11-20(24)6)22-12-21(13-27-14-22)25-28-29-30-31(25)7/h8-14H,1-7H3. The fourth-order valence-electron chi connectivity index (χ4n) is 4.98. The fraction of sp³-hybridized carbons (Fsp3) is 0.280. The number of pyridine rings is 1. The van der Waals surface area contributed by atoms with Crippen LogP contribution in [-0.4, -0.2) is 31.9 Å². The third-order valence-corrected chi connectivity index (χ3v) is 6.02. The molecule has 0 fully saturated rings. The molecule has 5 nitrogen and oxygen atoms in total. The zero-order valence-electron chi connectivity index (χ0n) is 19.4. The van der Waals surface area contributed by atoms with Gasteiger partial charge in [0.1, 0.15) is 0 Å². The van der Waals surface area contributed by atoms with Crippen LogP contribution in [0.4, 0.5) is 0 Å². The minimum Gasteiger partial charge on any atom is -0.264 e. The summed E-state index contributed by atoms with van der Waals surface area (Å²) in [5, 5.41) is 12.0. The lowest BCUT2D eigenvalue weighted by Gasteiger charge is -2.24. The molecule has 156 valence electrons. The van der Waals surface area contributed by atoms with Gasteiger partial charge < -0.3 is 0 Å². The molecule has 0 aliphatic heterocycles. The Hall–Kier alpha value is -3.28. The highest BCUT2D eigenvalue weighted by Gasteiger charge is 2.29. The smallest absolute Gasteiger partial charge is 0.244 e. The van der Waals surface area contributed by atoms with Gasteiger partial charge in [0.25, 0.3) is 0 Å². The molecule has 0 saturated heterocycles. The predicted octanol–water partition coefficient (Wildman–Crippen LogP) is 2.64. The van der Waals surface area contributed by atoms with Crippen LogP contribution in [-0.2, 0) is 7.05 Å². The molecule has 4 aromatic rings. The van der Waals surface area contributed by atoms with Crippen molar-refractivity contribution in [1.29, 1.82) is 0 Å². The summed E-state index contributed by atoms with van der Waals surface area (Å²) in [6, 6.07) is 11.3. The van der Waals surface area contributed by atoms with Gasteiger partial charge in [-0.3, -0.25) is 4.98 Å². The van der Waals surface area contributed by atoms with Crippen molar-refractivity contribution in [3.8, 4) is 11.4 Å². The summed E-state index contributed by atoms with van der Waals surface area (Å²) in [6.07, 6.45) is 3.81. The van der Waals surface area contributed by atoms with Crippen LogP contribution in [0.2, 0.25) is 0 Å². The molecule has 0 unspecified atom stereocenters. The number of nitrogens with zero attached hydrogens (tertiary/aromatic N) is 5. The summed E-state index contributed by atoms with van der Waals surface area (Å²) in [6.45, 7) is 13.2. The third-order valence-electron chi connectivity index (χ3n) is 6.02. The third kappa shape index (κ3) is 3.90. The quantitative estimate of drug-likeness (QED) is 0.487. The predicted molar refractivity (Wildman–Crippen MR) is 128 cm³/mol. The van der Waals surface area contributed by atoms with Crippen LogP contribution in [0.25, 0.3) is 11.4 Å². The maximum atomic E-state index is 4.60. The van der Waals surface area contributed by atoms with E-state index < -0.39 is 0 Å². The molecular weight excluding hydrogens is 381 g/mol. The van der Waals surface area contributed by atoms with Gasteiger partial charge in [0.15, 0.2) is 5.82 Å². The Kier molecular flexibility index (Phi) is 5.48. The van der Waals surface area contributed by atoms with E-state index in [4.69, 9.17) is 0 Å². The topological polar surface area (TPSA) is 56.5 Å². The molecule has 0 amide bonds. The number of hydrogen-bond acceptors (Lipinski definition) is 4. The van der Waals surface area contributed by atoms with Gasteiger partial charge in [-0.15, -0.1) is 5.10 Å². The van der Waals surface area contributed by atoms with Gasteiger partial charge in [-0.05, 0) is 57.4 Å². The van der Waals surface area contributed by atoms with Crippen molar-refractivity contribution in [3.63, 3.8) is 0 Å². The molecule has 6 heteroatoms. The zero-order valence-corrected chi connectivity index (χ0v) is 19.4. The van der Waals surface area contributed by atoms with Crippen LogP contribution in [0, 0.1) is 41.5 Å². The molecule has 2 aromatic heterocycles. The summed E-state index contributed by atoms with van der Waals surface area (Å²) >= 11 is 0. The Morgan fingerprint density at radius 3 is 1.68 bits per heavy atom. The Labute approximate surface area is 184 Å². The molecule has 0 aliphatic rings.